The van der Waals surface area contributed by atoms with Crippen molar-refractivity contribution in [1.29, 1.82) is 0 Å². The second-order valence-electron chi connectivity index (χ2n) is 9.11. The lowest BCUT2D eigenvalue weighted by Gasteiger charge is -2.49. The molecule has 0 saturated carbocycles. The number of nitrogens with one attached hydrogen (secondary N) is 1. The van der Waals surface area contributed by atoms with Gasteiger partial charge in [0.1, 0.15) is 22.9 Å². The number of benzene rings is 3. The van der Waals surface area contributed by atoms with Crippen LogP contribution in [-0.4, -0.2) is 46.5 Å². The molecule has 8 heteroatoms. The fourth-order valence-corrected chi connectivity index (χ4v) is 5.99. The van der Waals surface area contributed by atoms with Crippen molar-refractivity contribution in [2.45, 2.75) is 23.9 Å². The second-order valence-corrected chi connectivity index (χ2v) is 10.2. The van der Waals surface area contributed by atoms with E-state index in [1.165, 1.54) is 16.7 Å². The van der Waals surface area contributed by atoms with Crippen LogP contribution in [0.25, 0.3) is 0 Å². The highest BCUT2D eigenvalue weighted by Crippen LogP contribution is 2.42. The van der Waals surface area contributed by atoms with Crippen LogP contribution in [0.1, 0.15) is 23.7 Å². The number of allylic oxidation sites excluding steroid dienone is 1. The summed E-state index contributed by atoms with van der Waals surface area (Å²) in [6.07, 6.45) is 1.50. The number of esters is 1. The molecule has 0 radical (unpaired) electrons. The second kappa shape index (κ2) is 12.0. The molecule has 2 aliphatic heterocycles. The van der Waals surface area contributed by atoms with Crippen LogP contribution < -0.4 is 10.1 Å². The quantitative estimate of drug-likeness (QED) is 0.229. The first-order valence-electron chi connectivity index (χ1n) is 12.6. The number of para-hydroxylation sites is 1. The van der Waals surface area contributed by atoms with E-state index in [2.05, 4.69) is 11.9 Å². The summed E-state index contributed by atoms with van der Waals surface area (Å²) in [7, 11) is 0. The average Bonchev–Trinajstić information content (AvgIpc) is 2.98. The predicted molar refractivity (Wildman–Crippen MR) is 150 cm³/mol. The van der Waals surface area contributed by atoms with Crippen LogP contribution in [0.4, 0.5) is 0 Å². The molecular weight excluding hydrogens is 512 g/mol. The van der Waals surface area contributed by atoms with Gasteiger partial charge < -0.3 is 14.8 Å². The molecule has 5 rings (SSSR count). The van der Waals surface area contributed by atoms with Gasteiger partial charge in [-0.15, -0.1) is 18.3 Å². The minimum atomic E-state index is -0.756. The van der Waals surface area contributed by atoms with Crippen LogP contribution in [0.15, 0.2) is 115 Å². The van der Waals surface area contributed by atoms with E-state index in [4.69, 9.17) is 9.47 Å². The zero-order valence-electron chi connectivity index (χ0n) is 21.2. The van der Waals surface area contributed by atoms with Crippen LogP contribution in [0.5, 0.6) is 5.75 Å². The molecule has 2 aliphatic rings. The van der Waals surface area contributed by atoms with Gasteiger partial charge in [0.25, 0.3) is 11.8 Å². The Hall–Kier alpha value is -4.30. The maximum atomic E-state index is 13.7. The van der Waals surface area contributed by atoms with Gasteiger partial charge in [-0.1, -0.05) is 84.9 Å². The van der Waals surface area contributed by atoms with Crippen molar-refractivity contribution in [2.24, 2.45) is 0 Å². The van der Waals surface area contributed by atoms with Gasteiger partial charge in [-0.2, -0.15) is 0 Å². The van der Waals surface area contributed by atoms with Gasteiger partial charge in [0.15, 0.2) is 12.7 Å². The van der Waals surface area contributed by atoms with E-state index >= 15 is 0 Å². The Morgan fingerprint density at radius 1 is 0.974 bits per heavy atom. The fourth-order valence-electron chi connectivity index (χ4n) is 4.63. The molecule has 3 aromatic rings. The molecular formula is C31H28N2O5S. The predicted octanol–water partition coefficient (Wildman–Crippen LogP) is 4.63. The lowest BCUT2D eigenvalue weighted by atomic mass is 10.00. The molecule has 2 heterocycles. The highest BCUT2D eigenvalue weighted by atomic mass is 32.2. The lowest BCUT2D eigenvalue weighted by Crippen LogP contribution is -2.71. The number of rotatable bonds is 10. The normalized spacial score (nSPS) is 18.2. The number of fused-ring (bicyclic) bond motifs is 1. The Labute approximate surface area is 231 Å². The van der Waals surface area contributed by atoms with Gasteiger partial charge in [0, 0.05) is 5.75 Å². The van der Waals surface area contributed by atoms with E-state index < -0.39 is 29.4 Å². The van der Waals surface area contributed by atoms with E-state index in [0.717, 1.165) is 16.7 Å². The van der Waals surface area contributed by atoms with Crippen molar-refractivity contribution in [1.82, 2.24) is 10.2 Å². The lowest BCUT2D eigenvalue weighted by molar-refractivity contribution is -0.154. The maximum absolute atomic E-state index is 13.7. The van der Waals surface area contributed by atoms with Crippen molar-refractivity contribution in [3.05, 3.63) is 126 Å². The first-order chi connectivity index (χ1) is 19.1. The van der Waals surface area contributed by atoms with Gasteiger partial charge in [0.05, 0.1) is 0 Å². The van der Waals surface area contributed by atoms with Crippen LogP contribution in [0.2, 0.25) is 0 Å². The van der Waals surface area contributed by atoms with Crippen molar-refractivity contribution in [2.75, 3.05) is 12.4 Å². The summed E-state index contributed by atoms with van der Waals surface area (Å²) in [4.78, 5) is 41.0. The SMILES string of the molecule is C=CCC1=C(C(=O)OC(c2ccccc2)c2ccccc2)N2C(=O)[C@@H](NC(=O)COc3ccccc3)[C@H]2SC1. The average molecular weight is 541 g/mol. The molecule has 198 valence electrons. The monoisotopic (exact) mass is 540 g/mol. The number of nitrogens with zero attached hydrogens (tertiary/aromatic N) is 1. The summed E-state index contributed by atoms with van der Waals surface area (Å²) >= 11 is 1.50. The van der Waals surface area contributed by atoms with Crippen molar-refractivity contribution < 1.29 is 23.9 Å². The zero-order chi connectivity index (χ0) is 27.2. The topological polar surface area (TPSA) is 84.9 Å². The Kier molecular flexibility index (Phi) is 8.13. The molecule has 0 spiro atoms. The standard InChI is InChI=1S/C31H28N2O5S/c1-2-12-23-20-39-30-26(32-25(34)19-37-24-17-10-5-11-18-24)29(35)33(30)27(23)31(36)38-28(21-13-6-3-7-14-21)22-15-8-4-9-16-22/h2-11,13-18,26,28,30H,1,12,19-20H2,(H,32,34)/t26-,30-/m1/s1. The molecule has 3 aromatic carbocycles. The first-order valence-corrected chi connectivity index (χ1v) is 13.7. The fraction of sp³-hybridized carbons (Fsp3) is 0.194. The molecule has 0 unspecified atom stereocenters. The summed E-state index contributed by atoms with van der Waals surface area (Å²) in [6.45, 7) is 3.60. The van der Waals surface area contributed by atoms with E-state index in [0.29, 0.717) is 17.9 Å². The van der Waals surface area contributed by atoms with Gasteiger partial charge in [-0.05, 0) is 35.3 Å². The van der Waals surface area contributed by atoms with Gasteiger partial charge in [0.2, 0.25) is 0 Å². The minimum absolute atomic E-state index is 0.215. The molecule has 1 fully saturated rings. The molecule has 2 atom stereocenters. The third kappa shape index (κ3) is 5.76. The Balaban J connectivity index is 1.33. The van der Waals surface area contributed by atoms with Crippen molar-refractivity contribution >= 4 is 29.5 Å². The minimum Gasteiger partial charge on any atom is -0.484 e. The molecule has 39 heavy (non-hydrogen) atoms. The molecule has 1 saturated heterocycles. The highest BCUT2D eigenvalue weighted by molar-refractivity contribution is 8.00. The number of hydrogen-bond acceptors (Lipinski definition) is 6. The van der Waals surface area contributed by atoms with Crippen LogP contribution in [0, 0.1) is 0 Å². The van der Waals surface area contributed by atoms with Crippen LogP contribution >= 0.6 is 11.8 Å². The van der Waals surface area contributed by atoms with E-state index in [1.807, 2.05) is 78.9 Å². The summed E-state index contributed by atoms with van der Waals surface area (Å²) in [6, 6.07) is 27.2. The molecule has 0 aliphatic carbocycles. The number of carbonyl (C=O) groups is 3. The summed E-state index contributed by atoms with van der Waals surface area (Å²) in [5.41, 5.74) is 2.64. The Morgan fingerprint density at radius 2 is 1.56 bits per heavy atom. The Morgan fingerprint density at radius 3 is 2.15 bits per heavy atom. The van der Waals surface area contributed by atoms with Crippen molar-refractivity contribution in [3.63, 3.8) is 0 Å². The van der Waals surface area contributed by atoms with Crippen LogP contribution in [-0.2, 0) is 19.1 Å². The maximum Gasteiger partial charge on any atom is 0.356 e. The molecule has 2 amide bonds. The van der Waals surface area contributed by atoms with E-state index in [-0.39, 0.29) is 18.2 Å². The molecule has 0 aromatic heterocycles. The number of amides is 2. The summed E-state index contributed by atoms with van der Waals surface area (Å²) in [5, 5.41) is 2.35. The van der Waals surface area contributed by atoms with Gasteiger partial charge >= 0.3 is 5.97 Å². The highest BCUT2D eigenvalue weighted by Gasteiger charge is 2.54. The van der Waals surface area contributed by atoms with E-state index in [9.17, 15) is 14.4 Å². The largest absolute Gasteiger partial charge is 0.484 e. The number of hydrogen-bond donors (Lipinski definition) is 1. The number of thioether (sulfide) groups is 1. The first kappa shape index (κ1) is 26.3. The summed E-state index contributed by atoms with van der Waals surface area (Å²) < 4.78 is 11.6. The van der Waals surface area contributed by atoms with Gasteiger partial charge in [-0.25, -0.2) is 4.79 Å². The summed E-state index contributed by atoms with van der Waals surface area (Å²) in [5.74, 6) is -0.269. The number of carbonyl (C=O) groups excluding carboxylic acids is 3. The number of ether oxygens (including phenoxy) is 2. The smallest absolute Gasteiger partial charge is 0.356 e. The van der Waals surface area contributed by atoms with Gasteiger partial charge in [-0.3, -0.25) is 14.5 Å². The van der Waals surface area contributed by atoms with Crippen LogP contribution in [0.3, 0.4) is 0 Å². The molecule has 0 bridgehead atoms. The number of β-lactam (4-membered cyclic amide) rings is 1. The Bertz CT molecular complexity index is 1340. The molecule has 7 nitrogen and oxygen atoms in total. The third-order valence-electron chi connectivity index (χ3n) is 6.49. The van der Waals surface area contributed by atoms with Crippen molar-refractivity contribution in [3.8, 4) is 5.75 Å². The third-order valence-corrected chi connectivity index (χ3v) is 7.83. The molecule has 1 N–H and O–H groups in total. The zero-order valence-corrected chi connectivity index (χ0v) is 22.0. The van der Waals surface area contributed by atoms with E-state index in [1.54, 1.807) is 18.2 Å².